The third kappa shape index (κ3) is 6.97. The van der Waals surface area contributed by atoms with Crippen molar-refractivity contribution in [2.45, 2.75) is 57.5 Å². The number of hydrogen-bond acceptors (Lipinski definition) is 3. The monoisotopic (exact) mass is 451 g/mol. The zero-order chi connectivity index (χ0) is 15.8. The lowest BCUT2D eigenvalue weighted by atomic mass is 9.85. The predicted molar refractivity (Wildman–Crippen MR) is 110 cm³/mol. The summed E-state index contributed by atoms with van der Waals surface area (Å²) in [6.07, 6.45) is 5.22. The number of nitrogens with one attached hydrogen (secondary N) is 2. The second-order valence-corrected chi connectivity index (χ2v) is 7.10. The Bertz CT molecular complexity index is 458. The Morgan fingerprint density at radius 1 is 1.35 bits per heavy atom. The van der Waals surface area contributed by atoms with Crippen LogP contribution < -0.4 is 10.6 Å². The Morgan fingerprint density at radius 3 is 2.70 bits per heavy atom. The van der Waals surface area contributed by atoms with Crippen LogP contribution in [0.1, 0.15) is 57.4 Å². The third-order valence-corrected chi connectivity index (χ3v) is 5.05. The molecular formula is C17H30IN3OS. The third-order valence-electron chi connectivity index (χ3n) is 4.35. The normalized spacial score (nSPS) is 18.8. The van der Waals surface area contributed by atoms with E-state index in [1.165, 1.54) is 12.0 Å². The molecule has 1 fully saturated rings. The smallest absolute Gasteiger partial charge is 0.191 e. The zero-order valence-corrected chi connectivity index (χ0v) is 17.3. The topological polar surface area (TPSA) is 56.7 Å². The molecule has 0 amide bonds. The number of aliphatic hydroxyl groups is 1. The van der Waals surface area contributed by atoms with Crippen LogP contribution in [0.3, 0.4) is 0 Å². The van der Waals surface area contributed by atoms with Gasteiger partial charge in [-0.2, -0.15) is 11.3 Å². The Kier molecular flexibility index (Phi) is 9.46. The molecule has 2 rings (SSSR count). The summed E-state index contributed by atoms with van der Waals surface area (Å²) in [5, 5.41) is 21.5. The van der Waals surface area contributed by atoms with Gasteiger partial charge < -0.3 is 15.7 Å². The Hall–Kier alpha value is -0.340. The maximum absolute atomic E-state index is 10.6. The quantitative estimate of drug-likeness (QED) is 0.351. The fourth-order valence-corrected chi connectivity index (χ4v) is 3.64. The van der Waals surface area contributed by atoms with Gasteiger partial charge in [-0.3, -0.25) is 4.99 Å². The molecule has 1 aromatic rings. The molecule has 0 saturated heterocycles. The van der Waals surface area contributed by atoms with Crippen LogP contribution in [0.2, 0.25) is 0 Å². The number of thiophene rings is 1. The van der Waals surface area contributed by atoms with E-state index >= 15 is 0 Å². The van der Waals surface area contributed by atoms with Crippen molar-refractivity contribution in [3.05, 3.63) is 22.4 Å². The lowest BCUT2D eigenvalue weighted by molar-refractivity contribution is 0.0131. The minimum Gasteiger partial charge on any atom is -0.388 e. The van der Waals surface area contributed by atoms with Crippen LogP contribution in [0, 0.1) is 0 Å². The van der Waals surface area contributed by atoms with Gasteiger partial charge in [-0.25, -0.2) is 0 Å². The average Bonchev–Trinajstić information content (AvgIpc) is 3.05. The van der Waals surface area contributed by atoms with Crippen LogP contribution in [-0.4, -0.2) is 36.3 Å². The van der Waals surface area contributed by atoms with E-state index in [-0.39, 0.29) is 24.0 Å². The summed E-state index contributed by atoms with van der Waals surface area (Å²) >= 11 is 1.73. The molecule has 4 nitrogen and oxygen atoms in total. The van der Waals surface area contributed by atoms with E-state index in [0.717, 1.165) is 44.7 Å². The SMILES string of the molecule is CCNC(=NCC1(O)CCCCC1)NCC(C)c1ccsc1.I. The Morgan fingerprint density at radius 2 is 2.09 bits per heavy atom. The van der Waals surface area contributed by atoms with Crippen LogP contribution in [-0.2, 0) is 0 Å². The van der Waals surface area contributed by atoms with Gasteiger partial charge >= 0.3 is 0 Å². The van der Waals surface area contributed by atoms with Crippen LogP contribution in [0.15, 0.2) is 21.8 Å². The summed E-state index contributed by atoms with van der Waals surface area (Å²) in [4.78, 5) is 4.61. The Balaban J connectivity index is 0.00000264. The first kappa shape index (κ1) is 20.7. The molecule has 0 aliphatic heterocycles. The summed E-state index contributed by atoms with van der Waals surface area (Å²) < 4.78 is 0. The van der Waals surface area contributed by atoms with Crippen molar-refractivity contribution in [2.24, 2.45) is 4.99 Å². The van der Waals surface area contributed by atoms with E-state index < -0.39 is 5.60 Å². The maximum atomic E-state index is 10.6. The summed E-state index contributed by atoms with van der Waals surface area (Å²) in [6, 6.07) is 2.17. The molecule has 1 atom stereocenters. The van der Waals surface area contributed by atoms with E-state index in [1.54, 1.807) is 11.3 Å². The van der Waals surface area contributed by atoms with Gasteiger partial charge in [0.1, 0.15) is 0 Å². The molecule has 6 heteroatoms. The van der Waals surface area contributed by atoms with Gasteiger partial charge in [0.25, 0.3) is 0 Å². The van der Waals surface area contributed by atoms with Crippen LogP contribution in [0.5, 0.6) is 0 Å². The number of guanidine groups is 1. The first-order valence-corrected chi connectivity index (χ1v) is 9.34. The summed E-state index contributed by atoms with van der Waals surface area (Å²) in [6.45, 7) is 6.45. The number of nitrogens with zero attached hydrogens (tertiary/aromatic N) is 1. The Labute approximate surface area is 161 Å². The van der Waals surface area contributed by atoms with Crippen LogP contribution in [0.25, 0.3) is 0 Å². The molecule has 0 bridgehead atoms. The van der Waals surface area contributed by atoms with Crippen molar-refractivity contribution in [3.63, 3.8) is 0 Å². The molecule has 0 radical (unpaired) electrons. The van der Waals surface area contributed by atoms with Gasteiger partial charge in [0.15, 0.2) is 5.96 Å². The van der Waals surface area contributed by atoms with Gasteiger partial charge in [-0.05, 0) is 48.1 Å². The van der Waals surface area contributed by atoms with E-state index in [4.69, 9.17) is 0 Å². The van der Waals surface area contributed by atoms with Crippen molar-refractivity contribution in [1.29, 1.82) is 0 Å². The fraction of sp³-hybridized carbons (Fsp3) is 0.706. The highest BCUT2D eigenvalue weighted by atomic mass is 127. The van der Waals surface area contributed by atoms with Gasteiger partial charge in [-0.15, -0.1) is 24.0 Å². The largest absolute Gasteiger partial charge is 0.388 e. The van der Waals surface area contributed by atoms with Crippen molar-refractivity contribution < 1.29 is 5.11 Å². The number of rotatable bonds is 6. The molecular weight excluding hydrogens is 421 g/mol. The lowest BCUT2D eigenvalue weighted by Crippen LogP contribution is -2.41. The molecule has 1 aromatic heterocycles. The van der Waals surface area contributed by atoms with Crippen molar-refractivity contribution in [1.82, 2.24) is 10.6 Å². The van der Waals surface area contributed by atoms with Crippen LogP contribution >= 0.6 is 35.3 Å². The van der Waals surface area contributed by atoms with E-state index in [1.807, 2.05) is 0 Å². The number of aliphatic imine (C=N–C) groups is 1. The fourth-order valence-electron chi connectivity index (χ4n) is 2.86. The van der Waals surface area contributed by atoms with E-state index in [0.29, 0.717) is 12.5 Å². The highest BCUT2D eigenvalue weighted by Gasteiger charge is 2.28. The molecule has 1 saturated carbocycles. The maximum Gasteiger partial charge on any atom is 0.191 e. The molecule has 3 N–H and O–H groups in total. The molecule has 132 valence electrons. The second kappa shape index (κ2) is 10.5. The van der Waals surface area contributed by atoms with Gasteiger partial charge in [0, 0.05) is 13.1 Å². The summed E-state index contributed by atoms with van der Waals surface area (Å²) in [7, 11) is 0. The van der Waals surface area contributed by atoms with Crippen molar-refractivity contribution in [2.75, 3.05) is 19.6 Å². The summed E-state index contributed by atoms with van der Waals surface area (Å²) in [5.74, 6) is 1.26. The first-order chi connectivity index (χ1) is 10.6. The molecule has 0 aromatic carbocycles. The summed E-state index contributed by atoms with van der Waals surface area (Å²) in [5.41, 5.74) is 0.763. The lowest BCUT2D eigenvalue weighted by Gasteiger charge is -2.30. The molecule has 0 spiro atoms. The van der Waals surface area contributed by atoms with E-state index in [2.05, 4.69) is 46.3 Å². The first-order valence-electron chi connectivity index (χ1n) is 8.39. The van der Waals surface area contributed by atoms with Crippen LogP contribution in [0.4, 0.5) is 0 Å². The van der Waals surface area contributed by atoms with E-state index in [9.17, 15) is 5.11 Å². The number of hydrogen-bond donors (Lipinski definition) is 3. The van der Waals surface area contributed by atoms with Crippen molar-refractivity contribution in [3.8, 4) is 0 Å². The average molecular weight is 451 g/mol. The minimum atomic E-state index is -0.598. The molecule has 1 heterocycles. The predicted octanol–water partition coefficient (Wildman–Crippen LogP) is 3.72. The zero-order valence-electron chi connectivity index (χ0n) is 14.2. The minimum absolute atomic E-state index is 0. The van der Waals surface area contributed by atoms with Gasteiger partial charge in [0.05, 0.1) is 12.1 Å². The molecule has 1 unspecified atom stereocenters. The van der Waals surface area contributed by atoms with Crippen molar-refractivity contribution >= 4 is 41.3 Å². The molecule has 23 heavy (non-hydrogen) atoms. The second-order valence-electron chi connectivity index (χ2n) is 6.32. The highest BCUT2D eigenvalue weighted by molar-refractivity contribution is 14.0. The van der Waals surface area contributed by atoms with Gasteiger partial charge in [0.2, 0.25) is 0 Å². The molecule has 1 aliphatic rings. The van der Waals surface area contributed by atoms with Gasteiger partial charge in [-0.1, -0.05) is 26.2 Å². The molecule has 1 aliphatic carbocycles. The highest BCUT2D eigenvalue weighted by Crippen LogP contribution is 2.28. The standard InChI is InChI=1S/C17H29N3OS.HI/c1-3-18-16(19-11-14(2)15-7-10-22-12-15)20-13-17(21)8-5-4-6-9-17;/h7,10,12,14,21H,3-6,8-9,11,13H2,1-2H3,(H2,18,19,20);1H. The number of halogens is 1.